The van der Waals surface area contributed by atoms with E-state index in [0.29, 0.717) is 0 Å². The summed E-state index contributed by atoms with van der Waals surface area (Å²) in [6.45, 7) is 0. The molecule has 10 rings (SSSR count). The molecule has 0 atom stereocenters. The molecule has 234 valence electrons. The number of hydrogen-bond donors (Lipinski definition) is 0. The zero-order chi connectivity index (χ0) is 33.1. The SMILES string of the molecule is c1ccc(-c2cccc(N(c3ccc4c(c3)-c3ccccc3C43c4ccccc4-c4ccccc43)c3ccccc3-c3ccccc3)c2)cc1. The molecular weight excluding hydrogens is 603 g/mol. The smallest absolute Gasteiger partial charge is 0.0725 e. The largest absolute Gasteiger partial charge is 0.310 e. The number of anilines is 3. The first kappa shape index (κ1) is 28.6. The van der Waals surface area contributed by atoms with E-state index in [9.17, 15) is 0 Å². The zero-order valence-corrected chi connectivity index (χ0v) is 27.5. The van der Waals surface area contributed by atoms with Crippen LogP contribution in [-0.4, -0.2) is 0 Å². The van der Waals surface area contributed by atoms with E-state index >= 15 is 0 Å². The molecule has 0 saturated carbocycles. The third kappa shape index (κ3) is 4.14. The molecule has 1 spiro atoms. The van der Waals surface area contributed by atoms with E-state index < -0.39 is 0 Å². The van der Waals surface area contributed by atoms with Crippen LogP contribution < -0.4 is 4.90 Å². The summed E-state index contributed by atoms with van der Waals surface area (Å²) in [5.41, 5.74) is 18.4. The first-order valence-corrected chi connectivity index (χ1v) is 17.4. The summed E-state index contributed by atoms with van der Waals surface area (Å²) in [6, 6.07) is 73.4. The lowest BCUT2D eigenvalue weighted by molar-refractivity contribution is 0.794. The van der Waals surface area contributed by atoms with Gasteiger partial charge in [0.15, 0.2) is 0 Å². The number of nitrogens with zero attached hydrogens (tertiary/aromatic N) is 1. The van der Waals surface area contributed by atoms with Crippen LogP contribution in [0.1, 0.15) is 22.3 Å². The molecule has 1 nitrogen and oxygen atoms in total. The fraction of sp³-hybridized carbons (Fsp3) is 0.0204. The van der Waals surface area contributed by atoms with Crippen LogP contribution in [0, 0.1) is 0 Å². The molecular formula is C49H33N. The van der Waals surface area contributed by atoms with E-state index in [4.69, 9.17) is 0 Å². The Labute approximate surface area is 293 Å². The molecule has 8 aromatic carbocycles. The Morgan fingerprint density at radius 1 is 0.280 bits per heavy atom. The van der Waals surface area contributed by atoms with Gasteiger partial charge in [0.1, 0.15) is 0 Å². The molecule has 8 aromatic rings. The van der Waals surface area contributed by atoms with Crippen LogP contribution >= 0.6 is 0 Å². The number of para-hydroxylation sites is 1. The summed E-state index contributed by atoms with van der Waals surface area (Å²) >= 11 is 0. The normalized spacial score (nSPS) is 13.0. The van der Waals surface area contributed by atoms with Crippen molar-refractivity contribution in [3.63, 3.8) is 0 Å². The Morgan fingerprint density at radius 3 is 1.38 bits per heavy atom. The van der Waals surface area contributed by atoms with E-state index in [1.165, 1.54) is 66.8 Å². The van der Waals surface area contributed by atoms with Crippen LogP contribution in [0.15, 0.2) is 200 Å². The van der Waals surface area contributed by atoms with Crippen LogP contribution in [0.25, 0.3) is 44.5 Å². The molecule has 0 saturated heterocycles. The number of benzene rings is 8. The third-order valence-corrected chi connectivity index (χ3v) is 10.7. The molecule has 0 radical (unpaired) electrons. The van der Waals surface area contributed by atoms with Gasteiger partial charge in [-0.25, -0.2) is 0 Å². The molecule has 0 aliphatic heterocycles. The Hall–Kier alpha value is -6.44. The van der Waals surface area contributed by atoms with Gasteiger partial charge in [-0.3, -0.25) is 0 Å². The predicted octanol–water partition coefficient (Wildman–Crippen LogP) is 12.8. The molecule has 0 aromatic heterocycles. The van der Waals surface area contributed by atoms with Gasteiger partial charge in [-0.15, -0.1) is 0 Å². The number of fused-ring (bicyclic) bond motifs is 10. The van der Waals surface area contributed by atoms with Gasteiger partial charge in [0, 0.05) is 16.9 Å². The lowest BCUT2D eigenvalue weighted by Gasteiger charge is -2.31. The minimum absolute atomic E-state index is 0.363. The van der Waals surface area contributed by atoms with Crippen LogP contribution in [0.2, 0.25) is 0 Å². The van der Waals surface area contributed by atoms with Crippen LogP contribution in [0.4, 0.5) is 17.1 Å². The maximum atomic E-state index is 2.44. The summed E-state index contributed by atoms with van der Waals surface area (Å²) in [7, 11) is 0. The molecule has 1 heteroatoms. The van der Waals surface area contributed by atoms with Crippen molar-refractivity contribution in [1.82, 2.24) is 0 Å². The van der Waals surface area contributed by atoms with Crippen LogP contribution in [0.3, 0.4) is 0 Å². The lowest BCUT2D eigenvalue weighted by atomic mass is 9.70. The van der Waals surface area contributed by atoms with Gasteiger partial charge in [0.2, 0.25) is 0 Å². The van der Waals surface area contributed by atoms with Crippen molar-refractivity contribution in [1.29, 1.82) is 0 Å². The van der Waals surface area contributed by atoms with Crippen molar-refractivity contribution < 1.29 is 0 Å². The molecule has 0 bridgehead atoms. The fourth-order valence-electron chi connectivity index (χ4n) is 8.64. The second-order valence-corrected chi connectivity index (χ2v) is 13.3. The van der Waals surface area contributed by atoms with Crippen molar-refractivity contribution in [2.45, 2.75) is 5.41 Å². The van der Waals surface area contributed by atoms with E-state index in [0.717, 1.165) is 17.1 Å². The van der Waals surface area contributed by atoms with Gasteiger partial charge in [-0.2, -0.15) is 0 Å². The third-order valence-electron chi connectivity index (χ3n) is 10.7. The highest BCUT2D eigenvalue weighted by molar-refractivity contribution is 5.97. The monoisotopic (exact) mass is 635 g/mol. The van der Waals surface area contributed by atoms with Crippen molar-refractivity contribution in [3.05, 3.63) is 222 Å². The first-order chi connectivity index (χ1) is 24.8. The molecule has 50 heavy (non-hydrogen) atoms. The average Bonchev–Trinajstić information content (AvgIpc) is 3.66. The average molecular weight is 636 g/mol. The van der Waals surface area contributed by atoms with Crippen molar-refractivity contribution in [3.8, 4) is 44.5 Å². The van der Waals surface area contributed by atoms with Gasteiger partial charge < -0.3 is 4.90 Å². The second-order valence-electron chi connectivity index (χ2n) is 13.3. The predicted molar refractivity (Wildman–Crippen MR) is 208 cm³/mol. The van der Waals surface area contributed by atoms with Crippen molar-refractivity contribution in [2.24, 2.45) is 0 Å². The molecule has 2 aliphatic rings. The molecule has 0 N–H and O–H groups in total. The Balaban J connectivity index is 1.23. The molecule has 0 unspecified atom stereocenters. The summed E-state index contributed by atoms with van der Waals surface area (Å²) in [5, 5.41) is 0. The van der Waals surface area contributed by atoms with Gasteiger partial charge in [-0.1, -0.05) is 170 Å². The Kier molecular flexibility index (Phi) is 6.47. The van der Waals surface area contributed by atoms with E-state index in [1.807, 2.05) is 0 Å². The highest BCUT2D eigenvalue weighted by Crippen LogP contribution is 2.63. The van der Waals surface area contributed by atoms with Gasteiger partial charge >= 0.3 is 0 Å². The first-order valence-electron chi connectivity index (χ1n) is 17.4. The molecule has 0 heterocycles. The minimum Gasteiger partial charge on any atom is -0.310 e. The quantitative estimate of drug-likeness (QED) is 0.182. The van der Waals surface area contributed by atoms with Gasteiger partial charge in [-0.05, 0) is 91.5 Å². The fourth-order valence-corrected chi connectivity index (χ4v) is 8.64. The topological polar surface area (TPSA) is 3.24 Å². The standard InChI is InChI=1S/C49H33N/c1-3-16-34(17-4-1)36-20-15-21-37(32-36)50(48-29-14-10-22-39(48)35-18-5-2-6-19-35)38-30-31-47-43(33-38)42-25-9-13-28-46(42)49(47)44-26-11-7-23-40(44)41-24-8-12-27-45(41)49/h1-33H. The van der Waals surface area contributed by atoms with Crippen molar-refractivity contribution in [2.75, 3.05) is 4.90 Å². The number of hydrogen-bond acceptors (Lipinski definition) is 1. The minimum atomic E-state index is -0.363. The molecule has 0 fully saturated rings. The van der Waals surface area contributed by atoms with Crippen LogP contribution in [-0.2, 0) is 5.41 Å². The van der Waals surface area contributed by atoms with Crippen LogP contribution in [0.5, 0.6) is 0 Å². The molecule has 0 amide bonds. The highest BCUT2D eigenvalue weighted by Gasteiger charge is 2.51. The summed E-state index contributed by atoms with van der Waals surface area (Å²) < 4.78 is 0. The summed E-state index contributed by atoms with van der Waals surface area (Å²) in [4.78, 5) is 2.44. The Bertz CT molecular complexity index is 2500. The number of rotatable bonds is 5. The van der Waals surface area contributed by atoms with Gasteiger partial charge in [0.05, 0.1) is 11.1 Å². The summed E-state index contributed by atoms with van der Waals surface area (Å²) in [6.07, 6.45) is 0. The van der Waals surface area contributed by atoms with E-state index in [-0.39, 0.29) is 5.41 Å². The Morgan fingerprint density at radius 2 is 0.740 bits per heavy atom. The van der Waals surface area contributed by atoms with Gasteiger partial charge in [0.25, 0.3) is 0 Å². The van der Waals surface area contributed by atoms with Crippen molar-refractivity contribution >= 4 is 17.1 Å². The lowest BCUT2D eigenvalue weighted by Crippen LogP contribution is -2.25. The maximum absolute atomic E-state index is 2.44. The maximum Gasteiger partial charge on any atom is 0.0725 e. The molecule has 2 aliphatic carbocycles. The highest BCUT2D eigenvalue weighted by atomic mass is 15.1. The van der Waals surface area contributed by atoms with E-state index in [2.05, 4.69) is 205 Å². The second kappa shape index (κ2) is 11.3. The zero-order valence-electron chi connectivity index (χ0n) is 27.5. The summed E-state index contributed by atoms with van der Waals surface area (Å²) in [5.74, 6) is 0. The van der Waals surface area contributed by atoms with E-state index in [1.54, 1.807) is 0 Å².